The van der Waals surface area contributed by atoms with Crippen molar-refractivity contribution in [2.75, 3.05) is 20.2 Å². The van der Waals surface area contributed by atoms with Gasteiger partial charge in [-0.15, -0.1) is 0 Å². The minimum Gasteiger partial charge on any atom is -0.395 e. The summed E-state index contributed by atoms with van der Waals surface area (Å²) in [6.45, 7) is 2.60. The molecule has 0 aromatic rings. The molecule has 6 heteroatoms. The van der Waals surface area contributed by atoms with Crippen LogP contribution in [0.5, 0.6) is 0 Å². The van der Waals surface area contributed by atoms with E-state index in [9.17, 15) is 20.1 Å². The van der Waals surface area contributed by atoms with Crippen molar-refractivity contribution in [3.05, 3.63) is 0 Å². The molecule has 1 heterocycles. The number of aliphatic hydroxyl groups excluding tert-OH is 3. The predicted octanol–water partition coefficient (Wildman–Crippen LogP) is -0.530. The van der Waals surface area contributed by atoms with Crippen molar-refractivity contribution < 1.29 is 20.1 Å². The zero-order valence-electron chi connectivity index (χ0n) is 12.5. The number of rotatable bonds is 8. The number of carbonyl (C=O) groups is 1. The Morgan fingerprint density at radius 3 is 2.35 bits per heavy atom. The number of aliphatic hydroxyl groups is 3. The van der Waals surface area contributed by atoms with Crippen molar-refractivity contribution in [1.29, 1.82) is 0 Å². The van der Waals surface area contributed by atoms with Gasteiger partial charge in [0.05, 0.1) is 24.9 Å². The Hall–Kier alpha value is -0.690. The first-order chi connectivity index (χ1) is 9.56. The lowest BCUT2D eigenvalue weighted by molar-refractivity contribution is -0.122. The molecule has 0 saturated carbocycles. The second kappa shape index (κ2) is 8.56. The third-order valence-corrected chi connectivity index (χ3v) is 4.12. The molecule has 1 aliphatic heterocycles. The Kier molecular flexibility index (Phi) is 7.43. The summed E-state index contributed by atoms with van der Waals surface area (Å²) in [5, 5.41) is 32.1. The molecule has 0 unspecified atom stereocenters. The van der Waals surface area contributed by atoms with Crippen molar-refractivity contribution in [3.8, 4) is 0 Å². The van der Waals surface area contributed by atoms with E-state index in [4.69, 9.17) is 0 Å². The molecule has 20 heavy (non-hydrogen) atoms. The normalized spacial score (nSPS) is 30.6. The van der Waals surface area contributed by atoms with E-state index in [1.807, 2.05) is 4.90 Å². The first-order valence-electron chi connectivity index (χ1n) is 7.50. The summed E-state index contributed by atoms with van der Waals surface area (Å²) in [6, 6.07) is -0.912. The van der Waals surface area contributed by atoms with Crippen molar-refractivity contribution in [2.45, 2.75) is 63.3 Å². The average molecular weight is 288 g/mol. The van der Waals surface area contributed by atoms with Gasteiger partial charge in [-0.05, 0) is 13.0 Å². The molecule has 1 rings (SSSR count). The molecule has 4 atom stereocenters. The molecule has 1 saturated heterocycles. The van der Waals surface area contributed by atoms with E-state index in [1.165, 1.54) is 0 Å². The number of likely N-dealkylation sites (tertiary alicyclic amines) is 1. The highest BCUT2D eigenvalue weighted by Gasteiger charge is 2.47. The second-order valence-corrected chi connectivity index (χ2v) is 5.47. The fourth-order valence-electron chi connectivity index (χ4n) is 2.89. The van der Waals surface area contributed by atoms with Crippen LogP contribution in [0.1, 0.15) is 39.0 Å². The van der Waals surface area contributed by atoms with Crippen molar-refractivity contribution in [2.24, 2.45) is 0 Å². The molecular weight excluding hydrogens is 260 g/mol. The second-order valence-electron chi connectivity index (χ2n) is 5.47. The van der Waals surface area contributed by atoms with Crippen LogP contribution in [0.15, 0.2) is 0 Å². The van der Waals surface area contributed by atoms with Crippen LogP contribution in [0.3, 0.4) is 0 Å². The van der Waals surface area contributed by atoms with Gasteiger partial charge in [-0.3, -0.25) is 9.69 Å². The number of amides is 1. The fraction of sp³-hybridized carbons (Fsp3) is 0.929. The third kappa shape index (κ3) is 4.15. The first-order valence-corrected chi connectivity index (χ1v) is 7.50. The van der Waals surface area contributed by atoms with Crippen LogP contribution in [0.25, 0.3) is 0 Å². The number of carbonyl (C=O) groups excluding carboxylic acids is 1. The number of nitrogens with one attached hydrogen (secondary N) is 1. The molecule has 0 spiro atoms. The topological polar surface area (TPSA) is 93.0 Å². The highest BCUT2D eigenvalue weighted by molar-refractivity contribution is 5.76. The van der Waals surface area contributed by atoms with Gasteiger partial charge >= 0.3 is 0 Å². The van der Waals surface area contributed by atoms with E-state index in [0.29, 0.717) is 6.54 Å². The average Bonchev–Trinajstić information content (AvgIpc) is 2.67. The molecular formula is C14H28N2O4. The van der Waals surface area contributed by atoms with Crippen LogP contribution in [-0.4, -0.2) is 70.6 Å². The van der Waals surface area contributed by atoms with E-state index >= 15 is 0 Å². The zero-order valence-corrected chi connectivity index (χ0v) is 12.5. The number of unbranched alkanes of at least 4 members (excludes halogenated alkanes) is 3. The van der Waals surface area contributed by atoms with Crippen LogP contribution in [0.4, 0.5) is 0 Å². The van der Waals surface area contributed by atoms with Gasteiger partial charge < -0.3 is 20.6 Å². The largest absolute Gasteiger partial charge is 0.395 e. The number of hydrogen-bond donors (Lipinski definition) is 4. The summed E-state index contributed by atoms with van der Waals surface area (Å²) in [6.07, 6.45) is 2.44. The molecule has 0 aromatic carbocycles. The maximum absolute atomic E-state index is 11.5. The lowest BCUT2D eigenvalue weighted by Gasteiger charge is -2.29. The molecule has 0 radical (unpaired) electrons. The lowest BCUT2D eigenvalue weighted by atomic mass is 10.1. The molecule has 1 aliphatic rings. The molecule has 0 bridgehead atoms. The maximum atomic E-state index is 11.5. The van der Waals surface area contributed by atoms with Gasteiger partial charge in [0.15, 0.2) is 0 Å². The summed E-state index contributed by atoms with van der Waals surface area (Å²) in [4.78, 5) is 13.4. The lowest BCUT2D eigenvalue weighted by Crippen LogP contribution is -2.43. The monoisotopic (exact) mass is 288 g/mol. The van der Waals surface area contributed by atoms with Crippen LogP contribution in [0.2, 0.25) is 0 Å². The van der Waals surface area contributed by atoms with Gasteiger partial charge in [0.2, 0.25) is 5.91 Å². The van der Waals surface area contributed by atoms with E-state index in [2.05, 4.69) is 12.2 Å². The summed E-state index contributed by atoms with van der Waals surface area (Å²) in [5.74, 6) is -0.168. The summed E-state index contributed by atoms with van der Waals surface area (Å²) in [5.41, 5.74) is 0. The van der Waals surface area contributed by atoms with Crippen LogP contribution >= 0.6 is 0 Å². The Morgan fingerprint density at radius 1 is 1.15 bits per heavy atom. The Balaban J connectivity index is 2.67. The quantitative estimate of drug-likeness (QED) is 0.451. The van der Waals surface area contributed by atoms with Crippen molar-refractivity contribution >= 4 is 5.91 Å². The molecule has 1 amide bonds. The van der Waals surface area contributed by atoms with E-state index < -0.39 is 24.3 Å². The van der Waals surface area contributed by atoms with Gasteiger partial charge in [-0.25, -0.2) is 0 Å². The summed E-state index contributed by atoms with van der Waals surface area (Å²) >= 11 is 0. The van der Waals surface area contributed by atoms with E-state index in [-0.39, 0.29) is 18.9 Å². The Bertz CT molecular complexity index is 301. The Morgan fingerprint density at radius 2 is 1.80 bits per heavy atom. The standard InChI is InChI=1S/C14H28N2O4/c1-3-4-5-6-7-16-10(8-12(18)15-2)13(19)14(20)11(16)9-17/h10-11,13-14,17,19-20H,3-9H2,1-2H3,(H,15,18)/t10-,11+,13-,14+/m0/s1. The van der Waals surface area contributed by atoms with Crippen molar-refractivity contribution in [1.82, 2.24) is 10.2 Å². The molecule has 4 N–H and O–H groups in total. The molecule has 0 aromatic heterocycles. The summed E-state index contributed by atoms with van der Waals surface area (Å²) in [7, 11) is 1.55. The smallest absolute Gasteiger partial charge is 0.221 e. The summed E-state index contributed by atoms with van der Waals surface area (Å²) < 4.78 is 0. The maximum Gasteiger partial charge on any atom is 0.221 e. The van der Waals surface area contributed by atoms with Gasteiger partial charge in [-0.2, -0.15) is 0 Å². The van der Waals surface area contributed by atoms with Gasteiger partial charge in [0.25, 0.3) is 0 Å². The fourth-order valence-corrected chi connectivity index (χ4v) is 2.89. The highest BCUT2D eigenvalue weighted by atomic mass is 16.3. The van der Waals surface area contributed by atoms with Crippen LogP contribution in [-0.2, 0) is 4.79 Å². The number of hydrogen-bond acceptors (Lipinski definition) is 5. The Labute approximate surface area is 120 Å². The minimum atomic E-state index is -0.999. The van der Waals surface area contributed by atoms with E-state index in [1.54, 1.807) is 7.05 Å². The van der Waals surface area contributed by atoms with E-state index in [0.717, 1.165) is 25.7 Å². The number of nitrogens with zero attached hydrogens (tertiary/aromatic N) is 1. The predicted molar refractivity (Wildman–Crippen MR) is 76.2 cm³/mol. The molecule has 118 valence electrons. The van der Waals surface area contributed by atoms with Crippen LogP contribution in [0, 0.1) is 0 Å². The molecule has 6 nitrogen and oxygen atoms in total. The van der Waals surface area contributed by atoms with Gasteiger partial charge in [0.1, 0.15) is 0 Å². The van der Waals surface area contributed by atoms with Crippen molar-refractivity contribution in [3.63, 3.8) is 0 Å². The highest BCUT2D eigenvalue weighted by Crippen LogP contribution is 2.28. The van der Waals surface area contributed by atoms with Crippen LogP contribution < -0.4 is 5.32 Å². The first kappa shape index (κ1) is 17.4. The zero-order chi connectivity index (χ0) is 15.1. The molecule has 0 aliphatic carbocycles. The van der Waals surface area contributed by atoms with Gasteiger partial charge in [-0.1, -0.05) is 26.2 Å². The SMILES string of the molecule is CCCCCCN1[C@H](CO)[C@@H](O)[C@@H](O)[C@@H]1CC(=O)NC. The third-order valence-electron chi connectivity index (χ3n) is 4.12. The van der Waals surface area contributed by atoms with Gasteiger partial charge in [0, 0.05) is 19.5 Å². The molecule has 1 fully saturated rings. The minimum absolute atomic E-state index is 0.138.